The van der Waals surface area contributed by atoms with Crippen molar-refractivity contribution in [1.29, 1.82) is 0 Å². The summed E-state index contributed by atoms with van der Waals surface area (Å²) in [5.74, 6) is 2.83. The van der Waals surface area contributed by atoms with E-state index in [0.717, 1.165) is 32.0 Å². The molecule has 0 aromatic heterocycles. The Morgan fingerprint density at radius 2 is 1.85 bits per heavy atom. The second kappa shape index (κ2) is 6.24. The van der Waals surface area contributed by atoms with E-state index in [1.807, 2.05) is 6.92 Å². The second-order valence-corrected chi connectivity index (χ2v) is 7.91. The highest BCUT2D eigenvalue weighted by atomic mass is 32.2. The Morgan fingerprint density at radius 1 is 1.20 bits per heavy atom. The molecule has 3 aliphatic heterocycles. The van der Waals surface area contributed by atoms with Gasteiger partial charge in [0.1, 0.15) is 0 Å². The van der Waals surface area contributed by atoms with Crippen molar-refractivity contribution < 1.29 is 9.53 Å². The summed E-state index contributed by atoms with van der Waals surface area (Å²) < 4.78 is 5.17. The Kier molecular flexibility index (Phi) is 4.58. The topological polar surface area (TPSA) is 41.6 Å². The number of piperidine rings is 1. The summed E-state index contributed by atoms with van der Waals surface area (Å²) in [5.41, 5.74) is -0.266. The fourth-order valence-electron chi connectivity index (χ4n) is 3.36. The molecule has 0 radical (unpaired) electrons. The Bertz CT molecular complexity index is 346. The molecule has 3 rings (SSSR count). The summed E-state index contributed by atoms with van der Waals surface area (Å²) in [5, 5.41) is 3.24. The van der Waals surface area contributed by atoms with Crippen molar-refractivity contribution in [1.82, 2.24) is 10.2 Å². The normalized spacial score (nSPS) is 28.9. The number of likely N-dealkylation sites (tertiary alicyclic amines) is 1. The molecule has 5 heteroatoms. The fourth-order valence-corrected chi connectivity index (χ4v) is 4.44. The van der Waals surface area contributed by atoms with Gasteiger partial charge in [0.05, 0.1) is 18.6 Å². The molecule has 0 aromatic carbocycles. The van der Waals surface area contributed by atoms with Gasteiger partial charge in [-0.3, -0.25) is 4.79 Å². The Balaban J connectivity index is 1.43. The van der Waals surface area contributed by atoms with Crippen LogP contribution in [0.5, 0.6) is 0 Å². The Hall–Kier alpha value is -0.260. The number of carbonyl (C=O) groups is 1. The molecule has 4 nitrogen and oxygen atoms in total. The molecule has 20 heavy (non-hydrogen) atoms. The van der Waals surface area contributed by atoms with Crippen molar-refractivity contribution in [2.24, 2.45) is 5.41 Å². The Morgan fingerprint density at radius 3 is 2.40 bits per heavy atom. The van der Waals surface area contributed by atoms with Crippen molar-refractivity contribution in [3.05, 3.63) is 0 Å². The molecule has 1 N–H and O–H groups in total. The van der Waals surface area contributed by atoms with Crippen LogP contribution in [0.1, 0.15) is 32.6 Å². The first-order valence-corrected chi connectivity index (χ1v) is 9.03. The minimum Gasteiger partial charge on any atom is -0.379 e. The maximum atomic E-state index is 12.2. The first-order chi connectivity index (χ1) is 9.67. The molecule has 0 aliphatic carbocycles. The molecule has 3 aliphatic rings. The zero-order chi connectivity index (χ0) is 14.0. The maximum Gasteiger partial charge on any atom is 0.230 e. The lowest BCUT2D eigenvalue weighted by Gasteiger charge is -2.41. The lowest BCUT2D eigenvalue weighted by Crippen LogP contribution is -2.56. The fraction of sp³-hybridized carbons (Fsp3) is 0.933. The van der Waals surface area contributed by atoms with Crippen LogP contribution in [0.4, 0.5) is 0 Å². The first kappa shape index (κ1) is 14.7. The SMILES string of the molecule is CC1(C(=O)NC2CCN(C3CCSCC3)CC2)COC1. The van der Waals surface area contributed by atoms with Crippen LogP contribution >= 0.6 is 11.8 Å². The molecule has 0 aromatic rings. The first-order valence-electron chi connectivity index (χ1n) is 7.88. The third-order valence-electron chi connectivity index (χ3n) is 4.96. The van der Waals surface area contributed by atoms with E-state index in [-0.39, 0.29) is 11.3 Å². The number of hydrogen-bond acceptors (Lipinski definition) is 4. The number of ether oxygens (including phenoxy) is 1. The van der Waals surface area contributed by atoms with E-state index >= 15 is 0 Å². The number of nitrogens with zero attached hydrogens (tertiary/aromatic N) is 1. The summed E-state index contributed by atoms with van der Waals surface area (Å²) in [4.78, 5) is 14.8. The zero-order valence-corrected chi connectivity index (χ0v) is 13.2. The van der Waals surface area contributed by atoms with Crippen LogP contribution in [0, 0.1) is 5.41 Å². The molecular formula is C15H26N2O2S. The molecule has 3 saturated heterocycles. The minimum absolute atomic E-state index is 0.191. The summed E-state index contributed by atoms with van der Waals surface area (Å²) in [7, 11) is 0. The average Bonchev–Trinajstić information content (AvgIpc) is 2.46. The van der Waals surface area contributed by atoms with E-state index in [9.17, 15) is 4.79 Å². The summed E-state index contributed by atoms with van der Waals surface area (Å²) in [6.45, 7) is 5.45. The van der Waals surface area contributed by atoms with Crippen molar-refractivity contribution in [3.8, 4) is 0 Å². The van der Waals surface area contributed by atoms with Gasteiger partial charge >= 0.3 is 0 Å². The predicted octanol–water partition coefficient (Wildman–Crippen LogP) is 1.50. The lowest BCUT2D eigenvalue weighted by atomic mass is 9.87. The molecule has 0 atom stereocenters. The van der Waals surface area contributed by atoms with E-state index in [1.54, 1.807) is 0 Å². The van der Waals surface area contributed by atoms with E-state index in [2.05, 4.69) is 22.0 Å². The van der Waals surface area contributed by atoms with Gasteiger partial charge in [0.15, 0.2) is 0 Å². The minimum atomic E-state index is -0.266. The maximum absolute atomic E-state index is 12.2. The van der Waals surface area contributed by atoms with Crippen LogP contribution < -0.4 is 5.32 Å². The second-order valence-electron chi connectivity index (χ2n) is 6.68. The van der Waals surface area contributed by atoms with Gasteiger partial charge < -0.3 is 15.0 Å². The van der Waals surface area contributed by atoms with Crippen LogP contribution in [-0.4, -0.2) is 60.7 Å². The van der Waals surface area contributed by atoms with Crippen molar-refractivity contribution in [3.63, 3.8) is 0 Å². The molecule has 0 saturated carbocycles. The smallest absolute Gasteiger partial charge is 0.230 e. The largest absolute Gasteiger partial charge is 0.379 e. The molecule has 0 unspecified atom stereocenters. The quantitative estimate of drug-likeness (QED) is 0.857. The Labute approximate surface area is 126 Å². The number of thioether (sulfide) groups is 1. The van der Waals surface area contributed by atoms with Gasteiger partial charge in [-0.2, -0.15) is 11.8 Å². The van der Waals surface area contributed by atoms with Gasteiger partial charge in [0.25, 0.3) is 0 Å². The van der Waals surface area contributed by atoms with E-state index in [1.165, 1.54) is 24.3 Å². The van der Waals surface area contributed by atoms with Crippen LogP contribution in [0.15, 0.2) is 0 Å². The van der Waals surface area contributed by atoms with Gasteiger partial charge in [-0.05, 0) is 44.1 Å². The molecule has 1 amide bonds. The number of carbonyl (C=O) groups excluding carboxylic acids is 1. The summed E-state index contributed by atoms with van der Waals surface area (Å²) in [6.07, 6.45) is 4.90. The lowest BCUT2D eigenvalue weighted by molar-refractivity contribution is -0.158. The van der Waals surface area contributed by atoms with E-state index in [4.69, 9.17) is 4.74 Å². The number of amides is 1. The molecule has 114 valence electrons. The third-order valence-corrected chi connectivity index (χ3v) is 6.01. The molecule has 0 spiro atoms. The molecule has 3 heterocycles. The zero-order valence-electron chi connectivity index (χ0n) is 12.4. The summed E-state index contributed by atoms with van der Waals surface area (Å²) in [6, 6.07) is 1.17. The van der Waals surface area contributed by atoms with Gasteiger partial charge in [0.2, 0.25) is 5.91 Å². The predicted molar refractivity (Wildman–Crippen MR) is 82.0 cm³/mol. The van der Waals surface area contributed by atoms with Crippen molar-refractivity contribution in [2.45, 2.75) is 44.7 Å². The third kappa shape index (κ3) is 3.15. The van der Waals surface area contributed by atoms with Crippen LogP contribution in [0.25, 0.3) is 0 Å². The summed E-state index contributed by atoms with van der Waals surface area (Å²) >= 11 is 2.09. The van der Waals surface area contributed by atoms with E-state index in [0.29, 0.717) is 19.3 Å². The highest BCUT2D eigenvalue weighted by Gasteiger charge is 2.42. The number of rotatable bonds is 3. The van der Waals surface area contributed by atoms with Crippen LogP contribution in [0.3, 0.4) is 0 Å². The molecule has 3 fully saturated rings. The van der Waals surface area contributed by atoms with Gasteiger partial charge in [-0.25, -0.2) is 0 Å². The van der Waals surface area contributed by atoms with Gasteiger partial charge in [-0.15, -0.1) is 0 Å². The standard InChI is InChI=1S/C15H26N2O2S/c1-15(10-19-11-15)14(18)16-12-2-6-17(7-3-12)13-4-8-20-9-5-13/h12-13H,2-11H2,1H3,(H,16,18). The van der Waals surface area contributed by atoms with E-state index < -0.39 is 0 Å². The van der Waals surface area contributed by atoms with Crippen molar-refractivity contribution >= 4 is 17.7 Å². The number of hydrogen-bond donors (Lipinski definition) is 1. The molecular weight excluding hydrogens is 272 g/mol. The monoisotopic (exact) mass is 298 g/mol. The number of nitrogens with one attached hydrogen (secondary N) is 1. The van der Waals surface area contributed by atoms with Crippen LogP contribution in [0.2, 0.25) is 0 Å². The van der Waals surface area contributed by atoms with Crippen molar-refractivity contribution in [2.75, 3.05) is 37.8 Å². The molecule has 0 bridgehead atoms. The highest BCUT2D eigenvalue weighted by molar-refractivity contribution is 7.99. The highest BCUT2D eigenvalue weighted by Crippen LogP contribution is 2.28. The van der Waals surface area contributed by atoms with Gasteiger partial charge in [-0.1, -0.05) is 0 Å². The van der Waals surface area contributed by atoms with Gasteiger partial charge in [0, 0.05) is 25.2 Å². The van der Waals surface area contributed by atoms with Crippen LogP contribution in [-0.2, 0) is 9.53 Å². The average molecular weight is 298 g/mol.